The fraction of sp³-hybridized carbons (Fsp3) is 0.658. The second-order valence-corrected chi connectivity index (χ2v) is 18.0. The van der Waals surface area contributed by atoms with E-state index in [1.54, 1.807) is 28.0 Å². The highest BCUT2D eigenvalue weighted by atomic mass is 32.2. The van der Waals surface area contributed by atoms with Gasteiger partial charge in [-0.15, -0.1) is 11.3 Å². The number of likely N-dealkylation sites (tertiary alicyclic amines) is 1. The van der Waals surface area contributed by atoms with E-state index in [2.05, 4.69) is 20.5 Å². The average molecular weight is 741 g/mol. The van der Waals surface area contributed by atoms with Gasteiger partial charge in [0.15, 0.2) is 5.67 Å². The van der Waals surface area contributed by atoms with Crippen molar-refractivity contribution in [2.75, 3.05) is 45.0 Å². The van der Waals surface area contributed by atoms with E-state index in [1.807, 2.05) is 55.4 Å². The largest absolute Gasteiger partial charge is 0.350 e. The number of halogens is 1. The van der Waals surface area contributed by atoms with Gasteiger partial charge in [0.1, 0.15) is 12.1 Å². The van der Waals surface area contributed by atoms with Crippen LogP contribution in [0.2, 0.25) is 0 Å². The van der Waals surface area contributed by atoms with E-state index < -0.39 is 28.4 Å². The standard InChI is InChI=1S/C38H53FN6O4S2/c1-26-32(50-24-41-26)30-11-9-27(10-12-30)21-40-34(47)31-8-5-15-45(31)35(48)33(42-36(49)38(39)13-14-38)37(2,3)51-23-29-7-4-6-28(20-29)22-43-16-18-44(25-46)19-17-43/h9-12,24-25,28-29,31,33H,4-8,13-23H2,1-3H3,(H,40,47)(H,42,49). The van der Waals surface area contributed by atoms with Crippen molar-refractivity contribution in [1.29, 1.82) is 0 Å². The van der Waals surface area contributed by atoms with E-state index in [9.17, 15) is 23.6 Å². The third kappa shape index (κ3) is 9.32. The zero-order valence-corrected chi connectivity index (χ0v) is 31.8. The smallest absolute Gasteiger partial charge is 0.258 e. The van der Waals surface area contributed by atoms with E-state index in [1.165, 1.54) is 6.42 Å². The topological polar surface area (TPSA) is 115 Å². The number of benzene rings is 1. The minimum absolute atomic E-state index is 0.167. The Morgan fingerprint density at radius 3 is 2.45 bits per heavy atom. The molecule has 51 heavy (non-hydrogen) atoms. The number of carbonyl (C=O) groups excluding carboxylic acids is 4. The van der Waals surface area contributed by atoms with Gasteiger partial charge in [0.2, 0.25) is 18.2 Å². The molecule has 2 N–H and O–H groups in total. The van der Waals surface area contributed by atoms with Crippen LogP contribution in [0.25, 0.3) is 10.4 Å². The zero-order valence-electron chi connectivity index (χ0n) is 30.2. The predicted octanol–water partition coefficient (Wildman–Crippen LogP) is 4.80. The fourth-order valence-corrected chi connectivity index (χ4v) is 9.92. The molecule has 0 spiro atoms. The molecule has 4 fully saturated rings. The summed E-state index contributed by atoms with van der Waals surface area (Å²) in [5.41, 5.74) is 2.95. The van der Waals surface area contributed by atoms with Crippen LogP contribution in [0.4, 0.5) is 4.39 Å². The molecule has 4 unspecified atom stereocenters. The number of piperazine rings is 1. The number of thioether (sulfide) groups is 1. The second-order valence-electron chi connectivity index (χ2n) is 15.5. The molecule has 1 aromatic heterocycles. The maximum atomic E-state index is 15.0. The Bertz CT molecular complexity index is 1540. The number of aryl methyl sites for hydroxylation is 1. The van der Waals surface area contributed by atoms with Crippen molar-refractivity contribution >= 4 is 47.2 Å². The van der Waals surface area contributed by atoms with Crippen LogP contribution in [0.15, 0.2) is 29.8 Å². The number of nitrogens with one attached hydrogen (secondary N) is 2. The predicted molar refractivity (Wildman–Crippen MR) is 200 cm³/mol. The summed E-state index contributed by atoms with van der Waals surface area (Å²) in [5.74, 6) is 0.662. The first-order chi connectivity index (χ1) is 24.5. The summed E-state index contributed by atoms with van der Waals surface area (Å²) in [6.07, 6.45) is 7.09. The Morgan fingerprint density at radius 1 is 1.06 bits per heavy atom. The third-order valence-corrected chi connectivity index (χ3v) is 13.8. The minimum Gasteiger partial charge on any atom is -0.350 e. The van der Waals surface area contributed by atoms with Gasteiger partial charge >= 0.3 is 0 Å². The summed E-state index contributed by atoms with van der Waals surface area (Å²) in [5, 5.41) is 5.87. The number of aromatic nitrogens is 1. The molecule has 4 aliphatic rings. The molecular formula is C38H53FN6O4S2. The lowest BCUT2D eigenvalue weighted by Gasteiger charge is -2.40. The Balaban J connectivity index is 1.06. The third-order valence-electron chi connectivity index (χ3n) is 11.2. The SMILES string of the molecule is Cc1ncsc1-c1ccc(CNC(=O)C2CCCN2C(=O)C(NC(=O)C2(F)CC2)C(C)(C)SCC2CCCC(CN3CCN(C=O)CC3)C2)cc1. The molecular weight excluding hydrogens is 688 g/mol. The maximum Gasteiger partial charge on any atom is 0.258 e. The van der Waals surface area contributed by atoms with Crippen LogP contribution in [0.1, 0.15) is 76.5 Å². The van der Waals surface area contributed by atoms with Crippen molar-refractivity contribution in [2.24, 2.45) is 11.8 Å². The first-order valence-corrected chi connectivity index (χ1v) is 20.5. The van der Waals surface area contributed by atoms with Gasteiger partial charge in [0.05, 0.1) is 16.1 Å². The van der Waals surface area contributed by atoms with Crippen LogP contribution < -0.4 is 10.6 Å². The molecule has 2 aliphatic carbocycles. The number of alkyl halides is 1. The van der Waals surface area contributed by atoms with Gasteiger partial charge in [-0.2, -0.15) is 11.8 Å². The Morgan fingerprint density at radius 2 is 1.78 bits per heavy atom. The van der Waals surface area contributed by atoms with Gasteiger partial charge in [0, 0.05) is 50.6 Å². The molecule has 13 heteroatoms. The highest BCUT2D eigenvalue weighted by Crippen LogP contribution is 2.42. The van der Waals surface area contributed by atoms with Crippen LogP contribution in [0.3, 0.4) is 0 Å². The molecule has 0 radical (unpaired) electrons. The van der Waals surface area contributed by atoms with Crippen molar-refractivity contribution in [1.82, 2.24) is 30.3 Å². The number of carbonyl (C=O) groups is 4. The van der Waals surface area contributed by atoms with Gasteiger partial charge in [-0.1, -0.05) is 30.7 Å². The van der Waals surface area contributed by atoms with Crippen molar-refractivity contribution in [3.63, 3.8) is 0 Å². The molecule has 4 amide bonds. The van der Waals surface area contributed by atoms with Crippen molar-refractivity contribution in [2.45, 2.75) is 101 Å². The molecule has 2 aromatic rings. The average Bonchev–Trinajstić information content (AvgIpc) is 3.48. The quantitative estimate of drug-likeness (QED) is 0.268. The number of nitrogens with zero attached hydrogens (tertiary/aromatic N) is 4. The summed E-state index contributed by atoms with van der Waals surface area (Å²) in [7, 11) is 0. The lowest BCUT2D eigenvalue weighted by Crippen LogP contribution is -2.61. The van der Waals surface area contributed by atoms with Crippen LogP contribution in [0, 0.1) is 18.8 Å². The maximum absolute atomic E-state index is 15.0. The molecule has 10 nitrogen and oxygen atoms in total. The van der Waals surface area contributed by atoms with E-state index in [-0.39, 0.29) is 24.7 Å². The Hall–Kier alpha value is -3.03. The van der Waals surface area contributed by atoms with Crippen LogP contribution >= 0.6 is 23.1 Å². The normalized spacial score (nSPS) is 24.2. The van der Waals surface area contributed by atoms with E-state index >= 15 is 0 Å². The van der Waals surface area contributed by atoms with Gasteiger partial charge in [-0.3, -0.25) is 24.1 Å². The van der Waals surface area contributed by atoms with Gasteiger partial charge < -0.3 is 20.4 Å². The summed E-state index contributed by atoms with van der Waals surface area (Å²) in [4.78, 5) is 63.5. The molecule has 2 saturated carbocycles. The highest BCUT2D eigenvalue weighted by molar-refractivity contribution is 8.00. The number of rotatable bonds is 14. The first-order valence-electron chi connectivity index (χ1n) is 18.6. The fourth-order valence-electron chi connectivity index (χ4n) is 7.81. The number of hydrogen-bond donors (Lipinski definition) is 2. The summed E-state index contributed by atoms with van der Waals surface area (Å²) in [6.45, 7) is 11.1. The molecule has 278 valence electrons. The molecule has 2 aliphatic heterocycles. The van der Waals surface area contributed by atoms with E-state index in [4.69, 9.17) is 0 Å². The summed E-state index contributed by atoms with van der Waals surface area (Å²) in [6, 6.07) is 6.43. The zero-order chi connectivity index (χ0) is 36.2. The minimum atomic E-state index is -1.91. The van der Waals surface area contributed by atoms with Crippen LogP contribution in [-0.4, -0.2) is 111 Å². The van der Waals surface area contributed by atoms with Gasteiger partial charge in [0.25, 0.3) is 5.91 Å². The monoisotopic (exact) mass is 740 g/mol. The number of thiazole rings is 1. The lowest BCUT2D eigenvalue weighted by atomic mass is 9.82. The van der Waals surface area contributed by atoms with Gasteiger partial charge in [-0.05, 0) is 94.4 Å². The van der Waals surface area contributed by atoms with Crippen molar-refractivity contribution in [3.05, 3.63) is 41.0 Å². The molecule has 1 aromatic carbocycles. The van der Waals surface area contributed by atoms with Crippen LogP contribution in [-0.2, 0) is 25.7 Å². The molecule has 2 saturated heterocycles. The molecule has 6 rings (SSSR count). The highest BCUT2D eigenvalue weighted by Gasteiger charge is 2.53. The van der Waals surface area contributed by atoms with Crippen molar-refractivity contribution < 1.29 is 23.6 Å². The lowest BCUT2D eigenvalue weighted by molar-refractivity contribution is -0.143. The number of amides is 4. The first kappa shape index (κ1) is 37.7. The number of hydrogen-bond acceptors (Lipinski definition) is 8. The molecule has 0 bridgehead atoms. The van der Waals surface area contributed by atoms with Crippen molar-refractivity contribution in [3.8, 4) is 10.4 Å². The second kappa shape index (κ2) is 16.3. The molecule has 3 heterocycles. The summed E-state index contributed by atoms with van der Waals surface area (Å²) >= 11 is 3.27. The molecule has 4 atom stereocenters. The van der Waals surface area contributed by atoms with Gasteiger partial charge in [-0.25, -0.2) is 9.37 Å². The summed E-state index contributed by atoms with van der Waals surface area (Å²) < 4.78 is 14.3. The van der Waals surface area contributed by atoms with E-state index in [0.717, 1.165) is 85.8 Å². The Labute approximate surface area is 309 Å². The Kier molecular flexibility index (Phi) is 12.1. The van der Waals surface area contributed by atoms with E-state index in [0.29, 0.717) is 37.8 Å². The van der Waals surface area contributed by atoms with Crippen LogP contribution in [0.5, 0.6) is 0 Å².